The van der Waals surface area contributed by atoms with Crippen LogP contribution in [0.15, 0.2) is 110 Å². The summed E-state index contributed by atoms with van der Waals surface area (Å²) in [6.45, 7) is 1.45. The topological polar surface area (TPSA) is 257 Å². The Morgan fingerprint density at radius 3 is 1.38 bits per heavy atom. The molecule has 7 N–H and O–H groups in total. The molecule has 0 atom stereocenters. The fraction of sp³-hybridized carbons (Fsp3) is 0.0541. The predicted molar refractivity (Wildman–Crippen MR) is 206 cm³/mol. The van der Waals surface area contributed by atoms with Gasteiger partial charge in [-0.3, -0.25) is 25.4 Å². The largest absolute Gasteiger partial charge is 0.453 e. The average molecular weight is 734 g/mol. The van der Waals surface area contributed by atoms with E-state index in [2.05, 4.69) is 75.9 Å². The van der Waals surface area contributed by atoms with Gasteiger partial charge in [-0.2, -0.15) is 15.3 Å². The standard InChI is InChI=1S/C13H11N5O2.C13H11N5O.C11H9N5/c1-20-13(19)17-11-5-8(2-3-14-11)9-4-10-7-16-18-12(10)15-6-9;1-8(19)17-12-5-9(2-3-14-12)10-4-11-7-16-18-13(11)15-6-10;12-10-4-7(1-2-13-10)8-3-9-6-15-16-11(9)14-5-8/h2-7H,1H3,(H,14,17,19)(H,15,16,18);2-7H,1H3,(H,14,17,19)(H,15,16,18);1-6H,(H2,12,13)(H,14,15,16). The number of carbonyl (C=O) groups excluding carboxylic acids is 2. The minimum absolute atomic E-state index is 0.145. The van der Waals surface area contributed by atoms with Crippen molar-refractivity contribution < 1.29 is 14.3 Å². The lowest BCUT2D eigenvalue weighted by Crippen LogP contribution is -2.11. The monoisotopic (exact) mass is 733 g/mol. The molecule has 55 heavy (non-hydrogen) atoms. The second-order valence-electron chi connectivity index (χ2n) is 11.7. The maximum absolute atomic E-state index is 11.2. The molecule has 0 unspecified atom stereocenters. The van der Waals surface area contributed by atoms with Crippen LogP contribution in [0.4, 0.5) is 22.2 Å². The third kappa shape index (κ3) is 8.67. The van der Waals surface area contributed by atoms with Crippen LogP contribution < -0.4 is 16.4 Å². The number of fused-ring (bicyclic) bond motifs is 3. The molecule has 9 rings (SSSR count). The van der Waals surface area contributed by atoms with Crippen LogP contribution in [-0.4, -0.2) is 79.6 Å². The highest BCUT2D eigenvalue weighted by atomic mass is 16.5. The number of aromatic nitrogens is 12. The number of hydrogen-bond donors (Lipinski definition) is 6. The Hall–Kier alpha value is -8.15. The van der Waals surface area contributed by atoms with Crippen LogP contribution in [0.2, 0.25) is 0 Å². The molecule has 0 aliphatic carbocycles. The summed E-state index contributed by atoms with van der Waals surface area (Å²) in [7, 11) is 1.30. The molecule has 0 saturated heterocycles. The summed E-state index contributed by atoms with van der Waals surface area (Å²) in [5.74, 6) is 1.30. The molecule has 18 nitrogen and oxygen atoms in total. The van der Waals surface area contributed by atoms with E-state index in [-0.39, 0.29) is 5.91 Å². The average Bonchev–Trinajstić information content (AvgIpc) is 3.99. The van der Waals surface area contributed by atoms with Gasteiger partial charge in [0.25, 0.3) is 0 Å². The minimum atomic E-state index is -0.557. The Labute approximate surface area is 311 Å². The van der Waals surface area contributed by atoms with E-state index in [0.29, 0.717) is 17.5 Å². The number of nitrogen functional groups attached to an aromatic ring is 1. The third-order valence-corrected chi connectivity index (χ3v) is 7.89. The fourth-order valence-electron chi connectivity index (χ4n) is 5.30. The molecule has 0 aliphatic heterocycles. The van der Waals surface area contributed by atoms with Crippen molar-refractivity contribution in [3.8, 4) is 33.4 Å². The van der Waals surface area contributed by atoms with Gasteiger partial charge >= 0.3 is 6.09 Å². The number of anilines is 3. The molecule has 0 bridgehead atoms. The molecule has 2 amide bonds. The summed E-state index contributed by atoms with van der Waals surface area (Å²) in [4.78, 5) is 47.1. The maximum Gasteiger partial charge on any atom is 0.412 e. The number of ether oxygens (including phenoxy) is 1. The van der Waals surface area contributed by atoms with E-state index in [1.165, 1.54) is 14.0 Å². The molecule has 0 saturated carbocycles. The van der Waals surface area contributed by atoms with E-state index >= 15 is 0 Å². The van der Waals surface area contributed by atoms with Gasteiger partial charge in [0.1, 0.15) is 17.5 Å². The zero-order valence-corrected chi connectivity index (χ0v) is 29.2. The van der Waals surface area contributed by atoms with E-state index in [9.17, 15) is 9.59 Å². The van der Waals surface area contributed by atoms with E-state index in [1.54, 1.807) is 61.8 Å². The number of nitrogens with two attached hydrogens (primary N) is 1. The molecule has 0 aliphatic rings. The second kappa shape index (κ2) is 16.0. The van der Waals surface area contributed by atoms with Gasteiger partial charge in [-0.25, -0.2) is 34.7 Å². The molecular formula is C37H31N15O3. The molecule has 0 fully saturated rings. The zero-order valence-electron chi connectivity index (χ0n) is 29.2. The van der Waals surface area contributed by atoms with Crippen LogP contribution in [0, 0.1) is 0 Å². The van der Waals surface area contributed by atoms with Crippen LogP contribution in [-0.2, 0) is 9.53 Å². The molecule has 9 heterocycles. The van der Waals surface area contributed by atoms with Gasteiger partial charge in [0.05, 0.1) is 25.7 Å². The highest BCUT2D eigenvalue weighted by Gasteiger charge is 2.08. The highest BCUT2D eigenvalue weighted by Crippen LogP contribution is 2.25. The Kier molecular flexibility index (Phi) is 10.3. The van der Waals surface area contributed by atoms with Crippen molar-refractivity contribution in [2.24, 2.45) is 0 Å². The summed E-state index contributed by atoms with van der Waals surface area (Å²) >= 11 is 0. The number of nitrogens with zero attached hydrogens (tertiary/aromatic N) is 9. The van der Waals surface area contributed by atoms with E-state index in [1.807, 2.05) is 48.5 Å². The number of amides is 2. The van der Waals surface area contributed by atoms with Gasteiger partial charge in [-0.1, -0.05) is 0 Å². The maximum atomic E-state index is 11.2. The third-order valence-electron chi connectivity index (χ3n) is 7.89. The first kappa shape index (κ1) is 35.3. The van der Waals surface area contributed by atoms with Gasteiger partial charge in [0.2, 0.25) is 5.91 Å². The Morgan fingerprint density at radius 2 is 0.964 bits per heavy atom. The van der Waals surface area contributed by atoms with Crippen molar-refractivity contribution in [2.75, 3.05) is 23.5 Å². The van der Waals surface area contributed by atoms with E-state index in [4.69, 9.17) is 5.73 Å². The quantitative estimate of drug-likeness (QED) is 0.123. The molecule has 0 spiro atoms. The zero-order chi connectivity index (χ0) is 38.1. The van der Waals surface area contributed by atoms with Crippen molar-refractivity contribution in [3.63, 3.8) is 0 Å². The Morgan fingerprint density at radius 1 is 0.545 bits per heavy atom. The lowest BCUT2D eigenvalue weighted by atomic mass is 10.1. The number of methoxy groups -OCH3 is 1. The number of aromatic amines is 3. The van der Waals surface area contributed by atoms with Crippen LogP contribution in [0.25, 0.3) is 66.5 Å². The number of rotatable bonds is 5. The summed E-state index contributed by atoms with van der Waals surface area (Å²) < 4.78 is 4.53. The number of pyridine rings is 6. The SMILES string of the molecule is CC(=O)Nc1cc(-c2cnc3[nH]ncc3c2)ccn1.COC(=O)Nc1cc(-c2cnc3[nH]ncc3c2)ccn1.Nc1cc(-c2cnc3[nH]ncc3c2)ccn1. The van der Waals surface area contributed by atoms with Crippen LogP contribution in [0.5, 0.6) is 0 Å². The molecule has 0 aromatic carbocycles. The Bertz CT molecular complexity index is 2760. The molecule has 9 aromatic heterocycles. The first-order valence-corrected chi connectivity index (χ1v) is 16.5. The van der Waals surface area contributed by atoms with Crippen LogP contribution in [0.3, 0.4) is 0 Å². The highest BCUT2D eigenvalue weighted by molar-refractivity contribution is 5.89. The molecular weight excluding hydrogens is 703 g/mol. The van der Waals surface area contributed by atoms with Gasteiger partial charge in [-0.05, 0) is 71.3 Å². The van der Waals surface area contributed by atoms with E-state index < -0.39 is 6.09 Å². The van der Waals surface area contributed by atoms with Gasteiger partial charge in [0, 0.05) is 77.0 Å². The van der Waals surface area contributed by atoms with Gasteiger partial charge in [0.15, 0.2) is 16.9 Å². The summed E-state index contributed by atoms with van der Waals surface area (Å²) in [5, 5.41) is 28.2. The number of nitrogens with one attached hydrogen (secondary N) is 5. The first-order valence-electron chi connectivity index (χ1n) is 16.5. The number of carbonyl (C=O) groups is 2. The lowest BCUT2D eigenvalue weighted by Gasteiger charge is -2.05. The van der Waals surface area contributed by atoms with Crippen molar-refractivity contribution in [2.45, 2.75) is 6.92 Å². The molecule has 9 aromatic rings. The van der Waals surface area contributed by atoms with Gasteiger partial charge in [-0.15, -0.1) is 0 Å². The number of hydrogen-bond acceptors (Lipinski definition) is 13. The van der Waals surface area contributed by atoms with Crippen LogP contribution >= 0.6 is 0 Å². The predicted octanol–water partition coefficient (Wildman–Crippen LogP) is 5.78. The second-order valence-corrected chi connectivity index (χ2v) is 11.7. The van der Waals surface area contributed by atoms with E-state index in [0.717, 1.165) is 66.5 Å². The summed E-state index contributed by atoms with van der Waals surface area (Å²) in [6.07, 6.45) is 14.8. The lowest BCUT2D eigenvalue weighted by molar-refractivity contribution is -0.114. The van der Waals surface area contributed by atoms with Crippen molar-refractivity contribution in [3.05, 3.63) is 110 Å². The smallest absolute Gasteiger partial charge is 0.412 e. The van der Waals surface area contributed by atoms with Gasteiger partial charge < -0.3 is 15.8 Å². The summed E-state index contributed by atoms with van der Waals surface area (Å²) in [6, 6.07) is 17.0. The molecule has 18 heteroatoms. The molecule has 0 radical (unpaired) electrons. The van der Waals surface area contributed by atoms with Crippen molar-refractivity contribution in [1.29, 1.82) is 0 Å². The van der Waals surface area contributed by atoms with Crippen LogP contribution in [0.1, 0.15) is 6.92 Å². The first-order chi connectivity index (χ1) is 26.8. The summed E-state index contributed by atoms with van der Waals surface area (Å²) in [5.41, 5.74) is 13.6. The van der Waals surface area contributed by atoms with Crippen molar-refractivity contribution in [1.82, 2.24) is 60.5 Å². The number of H-pyrrole nitrogens is 3. The Balaban J connectivity index is 0.000000128. The normalized spacial score (nSPS) is 10.6. The fourth-order valence-corrected chi connectivity index (χ4v) is 5.30. The van der Waals surface area contributed by atoms with Crippen molar-refractivity contribution >= 4 is 62.6 Å². The minimum Gasteiger partial charge on any atom is -0.453 e. The molecule has 272 valence electrons.